The van der Waals surface area contributed by atoms with Crippen molar-refractivity contribution in [1.82, 2.24) is 9.88 Å². The lowest BCUT2D eigenvalue weighted by molar-refractivity contribution is -0.121. The molecule has 0 bridgehead atoms. The number of anilines is 1. The first kappa shape index (κ1) is 19.6. The SMILES string of the molecule is CCCCc1ccc2nc(NC(=O)C3CCCN(C(=O)c4ccco4)C3)sc2c1. The third-order valence-electron chi connectivity index (χ3n) is 5.31. The van der Waals surface area contributed by atoms with E-state index in [1.807, 2.05) is 6.07 Å². The Balaban J connectivity index is 1.41. The second-order valence-corrected chi connectivity index (χ2v) is 8.51. The summed E-state index contributed by atoms with van der Waals surface area (Å²) in [6.45, 7) is 3.23. The number of fused-ring (bicyclic) bond motifs is 1. The van der Waals surface area contributed by atoms with Crippen LogP contribution in [0, 0.1) is 5.92 Å². The number of unbranched alkanes of at least 4 members (excludes halogenated alkanes) is 1. The van der Waals surface area contributed by atoms with Gasteiger partial charge in [-0.05, 0) is 55.5 Å². The van der Waals surface area contributed by atoms with Gasteiger partial charge in [0.05, 0.1) is 22.4 Å². The highest BCUT2D eigenvalue weighted by Crippen LogP contribution is 2.28. The van der Waals surface area contributed by atoms with Crippen molar-refractivity contribution in [3.63, 3.8) is 0 Å². The molecule has 1 unspecified atom stereocenters. The molecule has 3 heterocycles. The van der Waals surface area contributed by atoms with Crippen LogP contribution >= 0.6 is 11.3 Å². The van der Waals surface area contributed by atoms with Crippen LogP contribution in [0.4, 0.5) is 5.13 Å². The van der Waals surface area contributed by atoms with E-state index in [1.54, 1.807) is 17.0 Å². The number of carbonyl (C=O) groups excluding carboxylic acids is 2. The minimum atomic E-state index is -0.241. The van der Waals surface area contributed by atoms with Crippen LogP contribution in [0.15, 0.2) is 41.0 Å². The van der Waals surface area contributed by atoms with Crippen LogP contribution in [0.1, 0.15) is 48.7 Å². The molecule has 4 rings (SSSR count). The number of aryl methyl sites for hydroxylation is 1. The van der Waals surface area contributed by atoms with Crippen molar-refractivity contribution in [2.75, 3.05) is 18.4 Å². The van der Waals surface area contributed by atoms with Crippen LogP contribution in [0.5, 0.6) is 0 Å². The van der Waals surface area contributed by atoms with E-state index in [4.69, 9.17) is 4.42 Å². The lowest BCUT2D eigenvalue weighted by atomic mass is 9.97. The van der Waals surface area contributed by atoms with E-state index in [1.165, 1.54) is 36.0 Å². The average Bonchev–Trinajstić information content (AvgIpc) is 3.41. The number of hydrogen-bond donors (Lipinski definition) is 1. The Morgan fingerprint density at radius 3 is 3.03 bits per heavy atom. The van der Waals surface area contributed by atoms with Crippen LogP contribution in [0.2, 0.25) is 0 Å². The molecule has 2 aromatic heterocycles. The van der Waals surface area contributed by atoms with Crippen molar-refractivity contribution in [3.05, 3.63) is 47.9 Å². The fourth-order valence-corrected chi connectivity index (χ4v) is 4.63. The first-order valence-electron chi connectivity index (χ1n) is 10.2. The molecule has 0 spiro atoms. The summed E-state index contributed by atoms with van der Waals surface area (Å²) in [7, 11) is 0. The minimum absolute atomic E-state index is 0.0767. The van der Waals surface area contributed by atoms with E-state index < -0.39 is 0 Å². The molecule has 29 heavy (non-hydrogen) atoms. The number of carbonyl (C=O) groups is 2. The van der Waals surface area contributed by atoms with Gasteiger partial charge in [0, 0.05) is 13.1 Å². The zero-order valence-electron chi connectivity index (χ0n) is 16.5. The van der Waals surface area contributed by atoms with Crippen LogP contribution in [-0.2, 0) is 11.2 Å². The summed E-state index contributed by atoms with van der Waals surface area (Å²) in [6.07, 6.45) is 6.45. The standard InChI is InChI=1S/C22H25N3O3S/c1-2-3-6-15-9-10-17-19(13-15)29-22(23-17)24-20(26)16-7-4-11-25(14-16)21(27)18-8-5-12-28-18/h5,8-10,12-13,16H,2-4,6-7,11,14H2,1H3,(H,23,24,26). The van der Waals surface area contributed by atoms with E-state index in [-0.39, 0.29) is 17.7 Å². The van der Waals surface area contributed by atoms with E-state index in [0.717, 1.165) is 29.5 Å². The third-order valence-corrected chi connectivity index (χ3v) is 6.25. The van der Waals surface area contributed by atoms with Crippen LogP contribution in [-0.4, -0.2) is 34.8 Å². The van der Waals surface area contributed by atoms with E-state index >= 15 is 0 Å². The van der Waals surface area contributed by atoms with Gasteiger partial charge in [-0.2, -0.15) is 0 Å². The summed E-state index contributed by atoms with van der Waals surface area (Å²) in [5.41, 5.74) is 2.21. The van der Waals surface area contributed by atoms with Gasteiger partial charge in [-0.3, -0.25) is 9.59 Å². The molecule has 2 amide bonds. The molecule has 1 N–H and O–H groups in total. The lowest BCUT2D eigenvalue weighted by Crippen LogP contribution is -2.43. The average molecular weight is 412 g/mol. The molecule has 1 atom stereocenters. The summed E-state index contributed by atoms with van der Waals surface area (Å²) in [5.74, 6) is -0.162. The maximum atomic E-state index is 12.8. The minimum Gasteiger partial charge on any atom is -0.459 e. The van der Waals surface area contributed by atoms with Crippen molar-refractivity contribution in [3.8, 4) is 0 Å². The molecule has 3 aromatic rings. The summed E-state index contributed by atoms with van der Waals surface area (Å²) in [4.78, 5) is 31.6. The molecule has 6 nitrogen and oxygen atoms in total. The Kier molecular flexibility index (Phi) is 5.94. The highest BCUT2D eigenvalue weighted by atomic mass is 32.1. The molecule has 1 saturated heterocycles. The van der Waals surface area contributed by atoms with Gasteiger partial charge in [-0.1, -0.05) is 30.7 Å². The van der Waals surface area contributed by atoms with Crippen molar-refractivity contribution in [1.29, 1.82) is 0 Å². The maximum Gasteiger partial charge on any atom is 0.289 e. The molecule has 152 valence electrons. The first-order valence-corrected chi connectivity index (χ1v) is 11.0. The number of nitrogens with one attached hydrogen (secondary N) is 1. The number of aromatic nitrogens is 1. The molecule has 1 fully saturated rings. The van der Waals surface area contributed by atoms with Crippen LogP contribution < -0.4 is 5.32 Å². The number of thiazole rings is 1. The molecule has 0 radical (unpaired) electrons. The second-order valence-electron chi connectivity index (χ2n) is 7.48. The second kappa shape index (κ2) is 8.78. The Morgan fingerprint density at radius 1 is 1.34 bits per heavy atom. The number of piperidine rings is 1. The van der Waals surface area contributed by atoms with Crippen LogP contribution in [0.3, 0.4) is 0 Å². The van der Waals surface area contributed by atoms with Gasteiger partial charge < -0.3 is 14.6 Å². The van der Waals surface area contributed by atoms with Crippen molar-refractivity contribution in [2.45, 2.75) is 39.0 Å². The number of hydrogen-bond acceptors (Lipinski definition) is 5. The number of benzene rings is 1. The van der Waals surface area contributed by atoms with Gasteiger partial charge in [0.1, 0.15) is 0 Å². The molecular weight excluding hydrogens is 386 g/mol. The first-order chi connectivity index (χ1) is 14.1. The van der Waals surface area contributed by atoms with E-state index in [0.29, 0.717) is 24.0 Å². The highest BCUT2D eigenvalue weighted by Gasteiger charge is 2.30. The number of rotatable bonds is 6. The maximum absolute atomic E-state index is 12.8. The third kappa shape index (κ3) is 4.50. The normalized spacial score (nSPS) is 16.9. The largest absolute Gasteiger partial charge is 0.459 e. The quantitative estimate of drug-likeness (QED) is 0.637. The smallest absolute Gasteiger partial charge is 0.289 e. The van der Waals surface area contributed by atoms with Gasteiger partial charge in [0.2, 0.25) is 5.91 Å². The number of nitrogens with zero attached hydrogens (tertiary/aromatic N) is 2. The van der Waals surface area contributed by atoms with E-state index in [2.05, 4.69) is 29.4 Å². The number of furan rings is 1. The predicted octanol–water partition coefficient (Wildman–Crippen LogP) is 4.72. The molecule has 0 saturated carbocycles. The molecule has 1 aliphatic heterocycles. The molecular formula is C22H25N3O3S. The zero-order chi connectivity index (χ0) is 20.2. The summed E-state index contributed by atoms with van der Waals surface area (Å²) >= 11 is 1.50. The topological polar surface area (TPSA) is 75.4 Å². The zero-order valence-corrected chi connectivity index (χ0v) is 17.3. The predicted molar refractivity (Wildman–Crippen MR) is 114 cm³/mol. The molecule has 7 heteroatoms. The molecule has 0 aliphatic carbocycles. The highest BCUT2D eigenvalue weighted by molar-refractivity contribution is 7.22. The van der Waals surface area contributed by atoms with Gasteiger partial charge in [0.15, 0.2) is 10.9 Å². The fraction of sp³-hybridized carbons (Fsp3) is 0.409. The van der Waals surface area contributed by atoms with Crippen molar-refractivity contribution in [2.24, 2.45) is 5.92 Å². The Morgan fingerprint density at radius 2 is 2.24 bits per heavy atom. The fourth-order valence-electron chi connectivity index (χ4n) is 3.70. The molecule has 1 aliphatic rings. The van der Waals surface area contributed by atoms with Crippen molar-refractivity contribution < 1.29 is 14.0 Å². The molecule has 1 aromatic carbocycles. The summed E-state index contributed by atoms with van der Waals surface area (Å²) < 4.78 is 6.30. The van der Waals surface area contributed by atoms with Gasteiger partial charge in [-0.15, -0.1) is 0 Å². The van der Waals surface area contributed by atoms with E-state index in [9.17, 15) is 9.59 Å². The Labute approximate surface area is 173 Å². The number of likely N-dealkylation sites (tertiary alicyclic amines) is 1. The van der Waals surface area contributed by atoms with Gasteiger partial charge in [-0.25, -0.2) is 4.98 Å². The Hall–Kier alpha value is -2.67. The monoisotopic (exact) mass is 411 g/mol. The van der Waals surface area contributed by atoms with Crippen LogP contribution in [0.25, 0.3) is 10.2 Å². The van der Waals surface area contributed by atoms with Crippen molar-refractivity contribution >= 4 is 38.5 Å². The Bertz CT molecular complexity index is 996. The lowest BCUT2D eigenvalue weighted by Gasteiger charge is -2.31. The van der Waals surface area contributed by atoms with Gasteiger partial charge in [0.25, 0.3) is 5.91 Å². The van der Waals surface area contributed by atoms with Gasteiger partial charge >= 0.3 is 0 Å². The number of amides is 2. The summed E-state index contributed by atoms with van der Waals surface area (Å²) in [6, 6.07) is 9.66. The summed E-state index contributed by atoms with van der Waals surface area (Å²) in [5, 5.41) is 3.58.